The standard InChI is InChI=1S/C14H15IN2O2S/c1-14(2,3)19-13(18)17-12-16-11(8-20-12)9-4-6-10(15)7-5-9/h4-8H,1-3H3,(H,16,17,18). The van der Waals surface area contributed by atoms with E-state index in [-0.39, 0.29) is 0 Å². The van der Waals surface area contributed by atoms with Gasteiger partial charge in [-0.15, -0.1) is 11.3 Å². The van der Waals surface area contributed by atoms with Crippen LogP contribution in [-0.2, 0) is 4.74 Å². The molecule has 0 spiro atoms. The van der Waals surface area contributed by atoms with Crippen molar-refractivity contribution in [2.45, 2.75) is 26.4 Å². The number of amides is 1. The number of hydrogen-bond donors (Lipinski definition) is 1. The minimum Gasteiger partial charge on any atom is -0.444 e. The molecule has 0 aliphatic rings. The van der Waals surface area contributed by atoms with Gasteiger partial charge in [-0.2, -0.15) is 0 Å². The van der Waals surface area contributed by atoms with Gasteiger partial charge in [0.1, 0.15) is 5.60 Å². The molecule has 0 fully saturated rings. The molecule has 0 saturated carbocycles. The van der Waals surface area contributed by atoms with Crippen LogP contribution in [0.4, 0.5) is 9.93 Å². The first-order valence-corrected chi connectivity index (χ1v) is 8.01. The van der Waals surface area contributed by atoms with E-state index < -0.39 is 11.7 Å². The van der Waals surface area contributed by atoms with Crippen LogP contribution in [0.25, 0.3) is 11.3 Å². The molecule has 0 unspecified atom stereocenters. The highest BCUT2D eigenvalue weighted by molar-refractivity contribution is 14.1. The normalized spacial score (nSPS) is 11.2. The van der Waals surface area contributed by atoms with Crippen LogP contribution in [0, 0.1) is 3.57 Å². The number of hydrogen-bond acceptors (Lipinski definition) is 4. The molecule has 2 rings (SSSR count). The fourth-order valence-electron chi connectivity index (χ4n) is 1.48. The van der Waals surface area contributed by atoms with Crippen LogP contribution in [0.2, 0.25) is 0 Å². The van der Waals surface area contributed by atoms with Crippen LogP contribution in [0.3, 0.4) is 0 Å². The Morgan fingerprint density at radius 1 is 1.30 bits per heavy atom. The summed E-state index contributed by atoms with van der Waals surface area (Å²) in [6.45, 7) is 5.47. The molecule has 0 aliphatic heterocycles. The smallest absolute Gasteiger partial charge is 0.413 e. The SMILES string of the molecule is CC(C)(C)OC(=O)Nc1nc(-c2ccc(I)cc2)cs1. The third kappa shape index (κ3) is 4.45. The fourth-order valence-corrected chi connectivity index (χ4v) is 2.54. The van der Waals surface area contributed by atoms with Gasteiger partial charge in [-0.3, -0.25) is 5.32 Å². The van der Waals surface area contributed by atoms with Crippen LogP contribution < -0.4 is 5.32 Å². The number of aromatic nitrogens is 1. The van der Waals surface area contributed by atoms with E-state index >= 15 is 0 Å². The van der Waals surface area contributed by atoms with Gasteiger partial charge >= 0.3 is 6.09 Å². The maximum absolute atomic E-state index is 11.7. The molecule has 2 aromatic rings. The van der Waals surface area contributed by atoms with Gasteiger partial charge in [0.15, 0.2) is 5.13 Å². The van der Waals surface area contributed by atoms with Crippen molar-refractivity contribution in [2.75, 3.05) is 5.32 Å². The molecular weight excluding hydrogens is 387 g/mol. The zero-order chi connectivity index (χ0) is 14.8. The van der Waals surface area contributed by atoms with Crippen LogP contribution in [0.15, 0.2) is 29.6 Å². The molecule has 0 bridgehead atoms. The van der Waals surface area contributed by atoms with Crippen LogP contribution in [0.5, 0.6) is 0 Å². The monoisotopic (exact) mass is 402 g/mol. The Hall–Kier alpha value is -1.15. The van der Waals surface area contributed by atoms with Crippen molar-refractivity contribution < 1.29 is 9.53 Å². The second-order valence-electron chi connectivity index (χ2n) is 5.17. The van der Waals surface area contributed by atoms with E-state index in [1.54, 1.807) is 0 Å². The van der Waals surface area contributed by atoms with E-state index in [1.165, 1.54) is 14.9 Å². The number of carbonyl (C=O) groups excluding carboxylic acids is 1. The van der Waals surface area contributed by atoms with Gasteiger partial charge < -0.3 is 4.74 Å². The Bertz CT molecular complexity index is 602. The second kappa shape index (κ2) is 6.09. The summed E-state index contributed by atoms with van der Waals surface area (Å²) in [5, 5.41) is 5.09. The van der Waals surface area contributed by atoms with Crippen molar-refractivity contribution in [2.24, 2.45) is 0 Å². The van der Waals surface area contributed by atoms with Gasteiger partial charge in [0.2, 0.25) is 0 Å². The highest BCUT2D eigenvalue weighted by Crippen LogP contribution is 2.25. The van der Waals surface area contributed by atoms with Crippen molar-refractivity contribution in [3.05, 3.63) is 33.2 Å². The molecule has 0 atom stereocenters. The topological polar surface area (TPSA) is 51.2 Å². The van der Waals surface area contributed by atoms with Gasteiger partial charge in [0.25, 0.3) is 0 Å². The second-order valence-corrected chi connectivity index (χ2v) is 7.28. The Labute approximate surface area is 135 Å². The number of carbonyl (C=O) groups is 1. The molecule has 1 heterocycles. The maximum atomic E-state index is 11.7. The molecule has 1 amide bonds. The lowest BCUT2D eigenvalue weighted by Crippen LogP contribution is -2.27. The number of ether oxygens (including phenoxy) is 1. The van der Waals surface area contributed by atoms with Crippen LogP contribution in [-0.4, -0.2) is 16.7 Å². The highest BCUT2D eigenvalue weighted by Gasteiger charge is 2.17. The predicted octanol–water partition coefficient (Wildman–Crippen LogP) is 4.76. The summed E-state index contributed by atoms with van der Waals surface area (Å²) in [5.41, 5.74) is 1.36. The number of rotatable bonds is 2. The van der Waals surface area contributed by atoms with Gasteiger partial charge in [-0.1, -0.05) is 12.1 Å². The number of anilines is 1. The first kappa shape index (κ1) is 15.2. The lowest BCUT2D eigenvalue weighted by atomic mass is 10.2. The minimum atomic E-state index is -0.514. The summed E-state index contributed by atoms with van der Waals surface area (Å²) < 4.78 is 6.36. The average Bonchev–Trinajstić information content (AvgIpc) is 2.75. The maximum Gasteiger partial charge on any atom is 0.413 e. The van der Waals surface area contributed by atoms with Gasteiger partial charge in [0.05, 0.1) is 5.69 Å². The van der Waals surface area contributed by atoms with Crippen LogP contribution in [0.1, 0.15) is 20.8 Å². The molecule has 0 aliphatic carbocycles. The van der Waals surface area contributed by atoms with E-state index in [2.05, 4.69) is 32.9 Å². The Balaban J connectivity index is 2.06. The number of benzene rings is 1. The lowest BCUT2D eigenvalue weighted by Gasteiger charge is -2.18. The molecule has 106 valence electrons. The summed E-state index contributed by atoms with van der Waals surface area (Å²) in [6.07, 6.45) is -0.485. The first-order valence-electron chi connectivity index (χ1n) is 6.05. The minimum absolute atomic E-state index is 0.485. The molecule has 6 heteroatoms. The molecular formula is C14H15IN2O2S. The Morgan fingerprint density at radius 3 is 2.55 bits per heavy atom. The summed E-state index contributed by atoms with van der Waals surface area (Å²) in [4.78, 5) is 16.0. The average molecular weight is 402 g/mol. The van der Waals surface area contributed by atoms with Crippen molar-refractivity contribution in [1.29, 1.82) is 0 Å². The highest BCUT2D eigenvalue weighted by atomic mass is 127. The summed E-state index contributed by atoms with van der Waals surface area (Å²) >= 11 is 3.64. The molecule has 1 N–H and O–H groups in total. The molecule has 0 radical (unpaired) electrons. The third-order valence-corrected chi connectivity index (χ3v) is 3.73. The van der Waals surface area contributed by atoms with Gasteiger partial charge in [-0.05, 0) is 55.5 Å². The van der Waals surface area contributed by atoms with Crippen molar-refractivity contribution in [1.82, 2.24) is 4.98 Å². The zero-order valence-corrected chi connectivity index (χ0v) is 14.4. The van der Waals surface area contributed by atoms with Crippen molar-refractivity contribution in [3.8, 4) is 11.3 Å². The van der Waals surface area contributed by atoms with Crippen LogP contribution >= 0.6 is 33.9 Å². The zero-order valence-electron chi connectivity index (χ0n) is 11.4. The number of nitrogens with one attached hydrogen (secondary N) is 1. The lowest BCUT2D eigenvalue weighted by molar-refractivity contribution is 0.0636. The van der Waals surface area contributed by atoms with E-state index in [4.69, 9.17) is 4.74 Å². The summed E-state index contributed by atoms with van der Waals surface area (Å²) in [7, 11) is 0. The predicted molar refractivity (Wildman–Crippen MR) is 90.1 cm³/mol. The summed E-state index contributed by atoms with van der Waals surface area (Å²) in [5.74, 6) is 0. The number of thiazole rings is 1. The number of halogens is 1. The Kier molecular flexibility index (Phi) is 4.64. The van der Waals surface area contributed by atoms with E-state index in [1.807, 2.05) is 50.4 Å². The third-order valence-electron chi connectivity index (χ3n) is 2.25. The quantitative estimate of drug-likeness (QED) is 0.737. The molecule has 0 saturated heterocycles. The van der Waals surface area contributed by atoms with Gasteiger partial charge in [0, 0.05) is 14.5 Å². The van der Waals surface area contributed by atoms with E-state index in [9.17, 15) is 4.79 Å². The van der Waals surface area contributed by atoms with E-state index in [0.717, 1.165) is 11.3 Å². The Morgan fingerprint density at radius 2 is 1.95 bits per heavy atom. The van der Waals surface area contributed by atoms with Gasteiger partial charge in [-0.25, -0.2) is 9.78 Å². The molecule has 20 heavy (non-hydrogen) atoms. The van der Waals surface area contributed by atoms with Crippen molar-refractivity contribution >= 4 is 45.2 Å². The van der Waals surface area contributed by atoms with Crippen molar-refractivity contribution in [3.63, 3.8) is 0 Å². The first-order chi connectivity index (χ1) is 9.33. The largest absolute Gasteiger partial charge is 0.444 e. The number of nitrogens with zero attached hydrogens (tertiary/aromatic N) is 1. The molecule has 4 nitrogen and oxygen atoms in total. The summed E-state index contributed by atoms with van der Waals surface area (Å²) in [6, 6.07) is 8.06. The molecule has 1 aromatic carbocycles. The van der Waals surface area contributed by atoms with E-state index in [0.29, 0.717) is 5.13 Å². The fraction of sp³-hybridized carbons (Fsp3) is 0.286. The molecule has 1 aromatic heterocycles.